The Balaban J connectivity index is 1.65. The fourth-order valence-electron chi connectivity index (χ4n) is 4.26. The molecule has 3 heteroatoms. The zero-order valence-corrected chi connectivity index (χ0v) is 14.1. The molecule has 0 aliphatic heterocycles. The molecule has 21 heavy (non-hydrogen) atoms. The van der Waals surface area contributed by atoms with Crippen molar-refractivity contribution < 1.29 is 0 Å². The molecule has 2 saturated carbocycles. The number of aryl methyl sites for hydroxylation is 2. The van der Waals surface area contributed by atoms with Crippen molar-refractivity contribution >= 4 is 11.3 Å². The van der Waals surface area contributed by atoms with Crippen molar-refractivity contribution in [2.45, 2.75) is 89.1 Å². The van der Waals surface area contributed by atoms with Gasteiger partial charge in [-0.05, 0) is 64.2 Å². The van der Waals surface area contributed by atoms with Crippen molar-refractivity contribution in [2.75, 3.05) is 0 Å². The van der Waals surface area contributed by atoms with Gasteiger partial charge in [0.25, 0.3) is 0 Å². The quantitative estimate of drug-likeness (QED) is 0.881. The first-order chi connectivity index (χ1) is 10.3. The van der Waals surface area contributed by atoms with Crippen LogP contribution in [0.3, 0.4) is 0 Å². The lowest BCUT2D eigenvalue weighted by Crippen LogP contribution is -2.47. The Morgan fingerprint density at radius 1 is 1.00 bits per heavy atom. The monoisotopic (exact) mass is 304 g/mol. The van der Waals surface area contributed by atoms with E-state index in [1.807, 2.05) is 11.3 Å². The zero-order chi connectivity index (χ0) is 14.3. The summed E-state index contributed by atoms with van der Waals surface area (Å²) in [4.78, 5) is 6.73. The summed E-state index contributed by atoms with van der Waals surface area (Å²) in [5, 5.41) is 5.42. The van der Waals surface area contributed by atoms with Crippen molar-refractivity contribution in [3.63, 3.8) is 0 Å². The first-order valence-corrected chi connectivity index (χ1v) is 9.84. The Hall–Kier alpha value is -0.410. The van der Waals surface area contributed by atoms with Gasteiger partial charge in [-0.15, -0.1) is 11.3 Å². The highest BCUT2D eigenvalue weighted by Gasteiger charge is 2.43. The predicted molar refractivity (Wildman–Crippen MR) is 88.8 cm³/mol. The Kier molecular flexibility index (Phi) is 3.83. The van der Waals surface area contributed by atoms with Crippen LogP contribution in [0.5, 0.6) is 0 Å². The molecule has 0 aromatic carbocycles. The fourth-order valence-corrected chi connectivity index (χ4v) is 5.60. The third kappa shape index (κ3) is 2.79. The minimum atomic E-state index is 0.142. The number of hydrogen-bond donors (Lipinski definition) is 1. The molecule has 1 aromatic heterocycles. The van der Waals surface area contributed by atoms with Crippen molar-refractivity contribution in [1.29, 1.82) is 0 Å². The largest absolute Gasteiger partial charge is 0.303 e. The molecule has 0 saturated heterocycles. The number of hydrogen-bond acceptors (Lipinski definition) is 3. The maximum absolute atomic E-state index is 5.13. The molecule has 2 nitrogen and oxygen atoms in total. The van der Waals surface area contributed by atoms with Crippen LogP contribution in [0.1, 0.15) is 80.3 Å². The summed E-state index contributed by atoms with van der Waals surface area (Å²) >= 11 is 2.03. The van der Waals surface area contributed by atoms with E-state index in [1.165, 1.54) is 81.3 Å². The van der Waals surface area contributed by atoms with Gasteiger partial charge in [0.15, 0.2) is 0 Å². The summed E-state index contributed by atoms with van der Waals surface area (Å²) in [6.07, 6.45) is 15.0. The second-order valence-electron chi connectivity index (χ2n) is 7.55. The molecule has 0 amide bonds. The average Bonchev–Trinajstić information content (AvgIpc) is 3.22. The second-order valence-corrected chi connectivity index (χ2v) is 8.64. The number of nitrogens with zero attached hydrogens (tertiary/aromatic N) is 1. The van der Waals surface area contributed by atoms with Crippen molar-refractivity contribution in [2.24, 2.45) is 5.92 Å². The third-order valence-corrected chi connectivity index (χ3v) is 7.19. The normalized spacial score (nSPS) is 26.3. The molecule has 3 aliphatic carbocycles. The van der Waals surface area contributed by atoms with Gasteiger partial charge in [0, 0.05) is 10.9 Å². The highest BCUT2D eigenvalue weighted by atomic mass is 32.1. The van der Waals surface area contributed by atoms with Gasteiger partial charge in [-0.3, -0.25) is 0 Å². The number of aromatic nitrogens is 1. The van der Waals surface area contributed by atoms with Gasteiger partial charge in [-0.1, -0.05) is 19.3 Å². The molecule has 0 spiro atoms. The van der Waals surface area contributed by atoms with E-state index >= 15 is 0 Å². The SMILES string of the molecule is CC(NC1CC1)(c1nc2c(s1)CCCC2)C1CCCCC1. The average molecular weight is 305 g/mol. The van der Waals surface area contributed by atoms with Gasteiger partial charge in [-0.25, -0.2) is 4.98 Å². The highest BCUT2D eigenvalue weighted by molar-refractivity contribution is 7.11. The van der Waals surface area contributed by atoms with E-state index in [0.717, 1.165) is 12.0 Å². The number of nitrogens with one attached hydrogen (secondary N) is 1. The molecular weight excluding hydrogens is 276 g/mol. The van der Waals surface area contributed by atoms with Gasteiger partial charge in [0.2, 0.25) is 0 Å². The van der Waals surface area contributed by atoms with E-state index in [2.05, 4.69) is 12.2 Å². The molecule has 0 radical (unpaired) electrons. The molecule has 1 aromatic rings. The third-order valence-electron chi connectivity index (χ3n) is 5.79. The maximum Gasteiger partial charge on any atom is 0.113 e. The van der Waals surface area contributed by atoms with Gasteiger partial charge in [0.1, 0.15) is 5.01 Å². The first kappa shape index (κ1) is 14.2. The van der Waals surface area contributed by atoms with Crippen LogP contribution in [0.25, 0.3) is 0 Å². The van der Waals surface area contributed by atoms with Crippen molar-refractivity contribution in [3.05, 3.63) is 15.6 Å². The molecule has 116 valence electrons. The van der Waals surface area contributed by atoms with Gasteiger partial charge in [0.05, 0.1) is 11.2 Å². The number of rotatable bonds is 4. The van der Waals surface area contributed by atoms with Crippen LogP contribution >= 0.6 is 11.3 Å². The van der Waals surface area contributed by atoms with Crippen LogP contribution in [0.15, 0.2) is 0 Å². The first-order valence-electron chi connectivity index (χ1n) is 9.02. The van der Waals surface area contributed by atoms with Crippen LogP contribution in [-0.2, 0) is 18.4 Å². The summed E-state index contributed by atoms with van der Waals surface area (Å²) in [5.41, 5.74) is 1.57. The molecule has 2 fully saturated rings. The van der Waals surface area contributed by atoms with Crippen LogP contribution in [0.4, 0.5) is 0 Å². The minimum Gasteiger partial charge on any atom is -0.303 e. The Labute approximate surface area is 132 Å². The number of fused-ring (bicyclic) bond motifs is 1. The lowest BCUT2D eigenvalue weighted by atomic mass is 9.75. The lowest BCUT2D eigenvalue weighted by molar-refractivity contribution is 0.174. The fraction of sp³-hybridized carbons (Fsp3) is 0.833. The van der Waals surface area contributed by atoms with Crippen LogP contribution < -0.4 is 5.32 Å². The molecule has 0 bridgehead atoms. The maximum atomic E-state index is 5.13. The van der Waals surface area contributed by atoms with E-state index < -0.39 is 0 Å². The zero-order valence-electron chi connectivity index (χ0n) is 13.3. The van der Waals surface area contributed by atoms with Crippen molar-refractivity contribution in [1.82, 2.24) is 10.3 Å². The molecular formula is C18H28N2S. The Morgan fingerprint density at radius 2 is 1.76 bits per heavy atom. The summed E-state index contributed by atoms with van der Waals surface area (Å²) < 4.78 is 0. The second kappa shape index (κ2) is 5.66. The minimum absolute atomic E-state index is 0.142. The van der Waals surface area contributed by atoms with Crippen LogP contribution in [-0.4, -0.2) is 11.0 Å². The molecule has 1 N–H and O–H groups in total. The lowest BCUT2D eigenvalue weighted by Gasteiger charge is -2.39. The van der Waals surface area contributed by atoms with E-state index in [9.17, 15) is 0 Å². The molecule has 1 atom stereocenters. The predicted octanol–water partition coefficient (Wildman–Crippen LogP) is 4.57. The molecule has 1 heterocycles. The highest BCUT2D eigenvalue weighted by Crippen LogP contribution is 2.44. The van der Waals surface area contributed by atoms with Crippen LogP contribution in [0.2, 0.25) is 0 Å². The molecule has 3 aliphatic rings. The summed E-state index contributed by atoms with van der Waals surface area (Å²) in [7, 11) is 0. The summed E-state index contributed by atoms with van der Waals surface area (Å²) in [6, 6.07) is 0.762. The topological polar surface area (TPSA) is 24.9 Å². The number of thiazole rings is 1. The summed E-state index contributed by atoms with van der Waals surface area (Å²) in [6.45, 7) is 2.46. The van der Waals surface area contributed by atoms with Crippen molar-refractivity contribution in [3.8, 4) is 0 Å². The van der Waals surface area contributed by atoms with Crippen LogP contribution in [0, 0.1) is 5.92 Å². The standard InChI is InChI=1S/C18H28N2S/c1-18(20-14-11-12-14,13-7-3-2-4-8-13)17-19-15-9-5-6-10-16(15)21-17/h13-14,20H,2-12H2,1H3. The Morgan fingerprint density at radius 3 is 2.48 bits per heavy atom. The van der Waals surface area contributed by atoms with E-state index in [1.54, 1.807) is 4.88 Å². The molecule has 4 rings (SSSR count). The van der Waals surface area contributed by atoms with E-state index in [4.69, 9.17) is 4.98 Å². The van der Waals surface area contributed by atoms with Gasteiger partial charge in [-0.2, -0.15) is 0 Å². The van der Waals surface area contributed by atoms with Gasteiger partial charge >= 0.3 is 0 Å². The summed E-state index contributed by atoms with van der Waals surface area (Å²) in [5.74, 6) is 0.791. The van der Waals surface area contributed by atoms with E-state index in [0.29, 0.717) is 0 Å². The van der Waals surface area contributed by atoms with E-state index in [-0.39, 0.29) is 5.54 Å². The Bertz CT molecular complexity index is 476. The smallest absolute Gasteiger partial charge is 0.113 e. The van der Waals surface area contributed by atoms with Gasteiger partial charge < -0.3 is 5.32 Å². The molecule has 1 unspecified atom stereocenters.